The van der Waals surface area contributed by atoms with E-state index in [4.69, 9.17) is 5.73 Å². The van der Waals surface area contributed by atoms with Crippen LogP contribution in [0.4, 0.5) is 8.78 Å². The van der Waals surface area contributed by atoms with Crippen molar-refractivity contribution in [1.29, 1.82) is 0 Å². The van der Waals surface area contributed by atoms with Gasteiger partial charge in [0.1, 0.15) is 53.6 Å². The third-order valence-electron chi connectivity index (χ3n) is 14.1. The maximum Gasteiger partial charge on any atom is 0.305 e. The third-order valence-corrected chi connectivity index (χ3v) is 14.1. The lowest BCUT2D eigenvalue weighted by atomic mass is 10.0. The van der Waals surface area contributed by atoms with E-state index in [0.717, 1.165) is 6.07 Å². The van der Waals surface area contributed by atoms with Crippen LogP contribution in [0.15, 0.2) is 110 Å². The molecular formula is C58H61F2N13O12. The largest absolute Gasteiger partial charge is 0.508 e. The van der Waals surface area contributed by atoms with E-state index in [2.05, 4.69) is 62.5 Å². The topological polar surface area (TPSA) is 394 Å². The van der Waals surface area contributed by atoms with Crippen LogP contribution in [0, 0.1) is 11.6 Å². The van der Waals surface area contributed by atoms with Gasteiger partial charge in [-0.05, 0) is 82.8 Å². The molecule has 6 atom stereocenters. The number of hydrogen-bond donors (Lipinski definition) is 14. The lowest BCUT2D eigenvalue weighted by Gasteiger charge is -2.27. The van der Waals surface area contributed by atoms with E-state index in [9.17, 15) is 66.9 Å². The zero-order valence-electron chi connectivity index (χ0n) is 45.4. The number of benzene rings is 4. The molecular weight excluding hydrogens is 1110 g/mol. The first-order valence-electron chi connectivity index (χ1n) is 26.9. The second-order valence-corrected chi connectivity index (χ2v) is 20.4. The number of halogens is 2. The van der Waals surface area contributed by atoms with Gasteiger partial charge in [-0.2, -0.15) is 0 Å². The summed E-state index contributed by atoms with van der Waals surface area (Å²) in [5.74, 6) is -11.2. The second-order valence-electron chi connectivity index (χ2n) is 20.4. The average molecular weight is 1170 g/mol. The summed E-state index contributed by atoms with van der Waals surface area (Å²) < 4.78 is 29.4. The number of carboxylic acids is 1. The number of phenols is 1. The van der Waals surface area contributed by atoms with Crippen LogP contribution in [0.2, 0.25) is 0 Å². The number of nitrogens with two attached hydrogens (primary N) is 1. The van der Waals surface area contributed by atoms with Crippen molar-refractivity contribution in [3.8, 4) is 5.75 Å². The van der Waals surface area contributed by atoms with Gasteiger partial charge in [-0.1, -0.05) is 36.4 Å². The molecule has 2 aliphatic heterocycles. The van der Waals surface area contributed by atoms with Crippen molar-refractivity contribution >= 4 is 80.9 Å². The number of aliphatic carboxylic acids is 1. The van der Waals surface area contributed by atoms with Crippen LogP contribution in [-0.4, -0.2) is 132 Å². The lowest BCUT2D eigenvalue weighted by molar-refractivity contribution is -0.141. The molecule has 0 saturated carbocycles. The number of aromatic amines is 3. The molecule has 0 spiro atoms. The number of imidazole rings is 1. The summed E-state index contributed by atoms with van der Waals surface area (Å²) in [5.41, 5.74) is 9.16. The first-order valence-corrected chi connectivity index (χ1v) is 26.9. The first-order chi connectivity index (χ1) is 40.7. The molecule has 5 heterocycles. The Morgan fingerprint density at radius 3 is 1.59 bits per heavy atom. The van der Waals surface area contributed by atoms with Gasteiger partial charge in [-0.25, -0.2) is 13.8 Å². The number of aromatic hydroxyl groups is 1. The number of rotatable bonds is 11. The normalized spacial score (nSPS) is 20.5. The van der Waals surface area contributed by atoms with Gasteiger partial charge in [0.25, 0.3) is 0 Å². The number of hydrogen-bond acceptors (Lipinski definition) is 12. The third kappa shape index (κ3) is 17.1. The summed E-state index contributed by atoms with van der Waals surface area (Å²) in [7, 11) is 0. The molecule has 444 valence electrons. The Morgan fingerprint density at radius 1 is 0.553 bits per heavy atom. The van der Waals surface area contributed by atoms with Crippen molar-refractivity contribution in [3.63, 3.8) is 0 Å². The maximum atomic E-state index is 14.8. The second kappa shape index (κ2) is 28.0. The number of carbonyl (C=O) groups excluding carboxylic acids is 9. The standard InChI is InChI=1S/C58H61F2N13O12/c59-35-10-14-41-39(20-35)33(25-63-41)18-45-55(82)71-46(19-34-26-64-42-15-11-36(60)21-40(34)42)56(83)73-48(23-52(78)79)58(85)72-47(22-37-27-62-29-67-37)57(84)70-44(17-31-8-12-38(74)13-9-31)54(81)69-43(53(61)80)16-30-4-6-32(7-5-30)24-65-49(75)2-1-3-50(76)66-28-51(77)68-45/h4-15,20-21,25-27,29,43-48,63-64,74H,1-3,16-19,22-24,28H2,(H2,61,80)(H,62,67)(H,65,75)(H,66,76)(H,68,77)(H,69,81)(H,70,84)(H,71,82)(H,72,85)(H,73,83)(H,78,79)/t43-,44-,45-,46-,47+,48-/m0/s1. The highest BCUT2D eigenvalue weighted by Gasteiger charge is 2.36. The lowest BCUT2D eigenvalue weighted by Crippen LogP contribution is -2.61. The van der Waals surface area contributed by atoms with E-state index < -0.39 is 126 Å². The number of phenolic OH excluding ortho intramolecular Hbond substituents is 1. The Labute approximate surface area is 482 Å². The molecule has 2 bridgehead atoms. The molecule has 4 aromatic carbocycles. The smallest absolute Gasteiger partial charge is 0.305 e. The summed E-state index contributed by atoms with van der Waals surface area (Å²) in [6, 6.07) is 10.0. The van der Waals surface area contributed by atoms with Crippen LogP contribution in [0.5, 0.6) is 5.75 Å². The van der Waals surface area contributed by atoms with Gasteiger partial charge in [-0.15, -0.1) is 0 Å². The van der Waals surface area contributed by atoms with E-state index >= 15 is 0 Å². The Hall–Kier alpha value is -10.5. The van der Waals surface area contributed by atoms with Crippen LogP contribution in [0.1, 0.15) is 59.2 Å². The fourth-order valence-corrected chi connectivity index (χ4v) is 9.61. The SMILES string of the molecule is NC(=O)[C@@H]1Cc2ccc(cc2)CNC(=O)CCCC(=O)NCC(=O)N[C@@H](Cc2c[nH]c3ccc(F)cc23)C(=O)N[C@@H](Cc2c[nH]c3ccc(F)cc23)C(=O)N[C@@H](CC(=O)O)C(=O)N[C@H](Cc2cnc[nH]2)C(=O)N[C@@H](Cc2ccc(O)cc2)C(=O)N1. The number of fused-ring (bicyclic) bond motifs is 31. The molecule has 0 unspecified atom stereocenters. The molecule has 27 heteroatoms. The first kappa shape index (κ1) is 60.6. The average Bonchev–Trinajstić information content (AvgIpc) is 4.37. The zero-order chi connectivity index (χ0) is 60.7. The van der Waals surface area contributed by atoms with Gasteiger partial charge in [-0.3, -0.25) is 47.9 Å². The highest BCUT2D eigenvalue weighted by Crippen LogP contribution is 2.24. The number of primary amides is 1. The molecule has 0 aliphatic carbocycles. The van der Waals surface area contributed by atoms with Crippen LogP contribution in [0.3, 0.4) is 0 Å². The summed E-state index contributed by atoms with van der Waals surface area (Å²) in [6.45, 7) is -0.575. The van der Waals surface area contributed by atoms with Gasteiger partial charge in [0.15, 0.2) is 0 Å². The fourth-order valence-electron chi connectivity index (χ4n) is 9.61. The minimum atomic E-state index is -2.01. The molecule has 15 N–H and O–H groups in total. The van der Waals surface area contributed by atoms with E-state index in [0.29, 0.717) is 38.7 Å². The van der Waals surface area contributed by atoms with Crippen LogP contribution in [0.25, 0.3) is 21.8 Å². The van der Waals surface area contributed by atoms with Crippen molar-refractivity contribution in [2.24, 2.45) is 5.73 Å². The van der Waals surface area contributed by atoms with Gasteiger partial charge < -0.3 is 73.4 Å². The van der Waals surface area contributed by atoms with Crippen LogP contribution < -0.4 is 48.3 Å². The zero-order valence-corrected chi connectivity index (χ0v) is 45.4. The van der Waals surface area contributed by atoms with Crippen molar-refractivity contribution < 1.29 is 66.9 Å². The maximum absolute atomic E-state index is 14.8. The van der Waals surface area contributed by atoms with Gasteiger partial charge in [0.05, 0.1) is 19.3 Å². The number of nitrogens with zero attached hydrogens (tertiary/aromatic N) is 1. The number of nitrogens with one attached hydrogen (secondary N) is 11. The highest BCUT2D eigenvalue weighted by molar-refractivity contribution is 5.99. The quantitative estimate of drug-likeness (QED) is 0.0793. The molecule has 0 fully saturated rings. The Bertz CT molecular complexity index is 3610. The number of H-pyrrole nitrogens is 3. The molecule has 7 aromatic rings. The Morgan fingerprint density at radius 2 is 1.05 bits per heavy atom. The number of carboxylic acid groups (broad SMARTS) is 1. The Kier molecular flexibility index (Phi) is 20.0. The molecule has 9 amide bonds. The molecule has 0 saturated heterocycles. The summed E-state index contributed by atoms with van der Waals surface area (Å²) in [4.78, 5) is 151. The van der Waals surface area contributed by atoms with E-state index in [-0.39, 0.29) is 73.9 Å². The number of amides is 9. The van der Waals surface area contributed by atoms with Crippen molar-refractivity contribution in [2.45, 2.75) is 101 Å². The molecule has 25 nitrogen and oxygen atoms in total. The minimum Gasteiger partial charge on any atom is -0.508 e. The monoisotopic (exact) mass is 1170 g/mol. The predicted octanol–water partition coefficient (Wildman–Crippen LogP) is 0.655. The molecule has 9 rings (SSSR count). The Balaban J connectivity index is 1.14. The van der Waals surface area contributed by atoms with Crippen molar-refractivity contribution in [2.75, 3.05) is 6.54 Å². The van der Waals surface area contributed by atoms with Gasteiger partial charge in [0, 0.05) is 97.6 Å². The predicted molar refractivity (Wildman–Crippen MR) is 300 cm³/mol. The molecule has 2 aliphatic rings. The summed E-state index contributed by atoms with van der Waals surface area (Å²) in [6.07, 6.45) is 2.71. The van der Waals surface area contributed by atoms with Gasteiger partial charge in [0.2, 0.25) is 53.2 Å². The molecule has 85 heavy (non-hydrogen) atoms. The van der Waals surface area contributed by atoms with Crippen molar-refractivity contribution in [3.05, 3.63) is 155 Å². The van der Waals surface area contributed by atoms with E-state index in [1.807, 2.05) is 0 Å². The van der Waals surface area contributed by atoms with E-state index in [1.165, 1.54) is 79.5 Å². The van der Waals surface area contributed by atoms with Crippen molar-refractivity contribution in [1.82, 2.24) is 62.5 Å². The summed E-state index contributed by atoms with van der Waals surface area (Å²) >= 11 is 0. The fraction of sp³-hybridized carbons (Fsp3) is 0.293. The highest BCUT2D eigenvalue weighted by atomic mass is 19.1. The minimum absolute atomic E-state index is 0.0752. The summed E-state index contributed by atoms with van der Waals surface area (Å²) in [5, 5.41) is 41.2. The van der Waals surface area contributed by atoms with Crippen LogP contribution >= 0.6 is 0 Å². The molecule has 3 aromatic heterocycles. The van der Waals surface area contributed by atoms with E-state index in [1.54, 1.807) is 24.3 Å². The van der Waals surface area contributed by atoms with Crippen LogP contribution in [-0.2, 0) is 86.6 Å². The number of aromatic nitrogens is 4. The molecule has 0 radical (unpaired) electrons. The van der Waals surface area contributed by atoms with Gasteiger partial charge >= 0.3 is 5.97 Å². The number of carbonyl (C=O) groups is 10.